The first kappa shape index (κ1) is 13.9. The third kappa shape index (κ3) is 3.97. The van der Waals surface area contributed by atoms with Gasteiger partial charge in [0.15, 0.2) is 0 Å². The monoisotopic (exact) mass is 342 g/mol. The van der Waals surface area contributed by atoms with E-state index in [4.69, 9.17) is 17.3 Å². The summed E-state index contributed by atoms with van der Waals surface area (Å²) in [6.45, 7) is 0.505. The number of aryl methyl sites for hydroxylation is 1. The number of benzene rings is 1. The SMILES string of the molecule is Nc1cc(Cl)ccc1NC(=O)CCn1cc(Br)cn1. The quantitative estimate of drug-likeness (QED) is 0.838. The molecule has 0 aliphatic carbocycles. The molecule has 0 aliphatic heterocycles. The zero-order valence-electron chi connectivity index (χ0n) is 9.94. The molecule has 0 fully saturated rings. The number of carbonyl (C=O) groups excluding carboxylic acids is 1. The molecule has 7 heteroatoms. The molecule has 100 valence electrons. The molecule has 1 aromatic carbocycles. The van der Waals surface area contributed by atoms with Gasteiger partial charge in [-0.25, -0.2) is 0 Å². The number of nitrogen functional groups attached to an aromatic ring is 1. The van der Waals surface area contributed by atoms with Crippen LogP contribution in [0.4, 0.5) is 11.4 Å². The predicted octanol–water partition coefficient (Wildman–Crippen LogP) is 2.91. The van der Waals surface area contributed by atoms with Gasteiger partial charge in [0.1, 0.15) is 0 Å². The molecule has 0 saturated heterocycles. The molecule has 0 bridgehead atoms. The van der Waals surface area contributed by atoms with Crippen molar-refractivity contribution in [1.29, 1.82) is 0 Å². The first-order chi connectivity index (χ1) is 9.04. The molecule has 0 spiro atoms. The van der Waals surface area contributed by atoms with Gasteiger partial charge < -0.3 is 11.1 Å². The average molecular weight is 344 g/mol. The molecule has 2 rings (SSSR count). The molecule has 0 unspecified atom stereocenters. The number of hydrogen-bond donors (Lipinski definition) is 2. The van der Waals surface area contributed by atoms with Crippen LogP contribution in [0.1, 0.15) is 6.42 Å². The number of hydrogen-bond acceptors (Lipinski definition) is 3. The Bertz CT molecular complexity index is 599. The van der Waals surface area contributed by atoms with E-state index >= 15 is 0 Å². The van der Waals surface area contributed by atoms with Gasteiger partial charge in [-0.1, -0.05) is 11.6 Å². The van der Waals surface area contributed by atoms with Gasteiger partial charge in [-0.05, 0) is 34.1 Å². The lowest BCUT2D eigenvalue weighted by Gasteiger charge is -2.08. The molecule has 0 saturated carbocycles. The lowest BCUT2D eigenvalue weighted by atomic mass is 10.2. The molecule has 3 N–H and O–H groups in total. The molecule has 0 radical (unpaired) electrons. The first-order valence-electron chi connectivity index (χ1n) is 5.57. The number of rotatable bonds is 4. The van der Waals surface area contributed by atoms with Crippen molar-refractivity contribution in [2.45, 2.75) is 13.0 Å². The third-order valence-electron chi connectivity index (χ3n) is 2.46. The van der Waals surface area contributed by atoms with Crippen LogP contribution in [0.15, 0.2) is 35.1 Å². The second-order valence-corrected chi connectivity index (χ2v) is 5.30. The fourth-order valence-electron chi connectivity index (χ4n) is 1.54. The highest BCUT2D eigenvalue weighted by Crippen LogP contribution is 2.22. The molecule has 1 amide bonds. The summed E-state index contributed by atoms with van der Waals surface area (Å²) >= 11 is 9.08. The van der Waals surface area contributed by atoms with Gasteiger partial charge in [0.2, 0.25) is 5.91 Å². The highest BCUT2D eigenvalue weighted by molar-refractivity contribution is 9.10. The standard InChI is InChI=1S/C12H12BrClN4O/c13-8-6-16-18(7-8)4-3-12(19)17-11-2-1-9(14)5-10(11)15/h1-2,5-7H,3-4,15H2,(H,17,19). The smallest absolute Gasteiger partial charge is 0.226 e. The van der Waals surface area contributed by atoms with Crippen molar-refractivity contribution in [2.24, 2.45) is 0 Å². The van der Waals surface area contributed by atoms with Crippen LogP contribution >= 0.6 is 27.5 Å². The topological polar surface area (TPSA) is 72.9 Å². The highest BCUT2D eigenvalue weighted by Gasteiger charge is 2.06. The van der Waals surface area contributed by atoms with E-state index in [2.05, 4.69) is 26.3 Å². The zero-order chi connectivity index (χ0) is 13.8. The van der Waals surface area contributed by atoms with Gasteiger partial charge in [-0.2, -0.15) is 5.10 Å². The Morgan fingerprint density at radius 3 is 2.95 bits per heavy atom. The second-order valence-electron chi connectivity index (χ2n) is 3.95. The fourth-order valence-corrected chi connectivity index (χ4v) is 2.05. The highest BCUT2D eigenvalue weighted by atomic mass is 79.9. The summed E-state index contributed by atoms with van der Waals surface area (Å²) in [6.07, 6.45) is 3.80. The minimum atomic E-state index is -0.124. The summed E-state index contributed by atoms with van der Waals surface area (Å²) < 4.78 is 2.57. The molecular formula is C12H12BrClN4O. The number of aromatic nitrogens is 2. The minimum absolute atomic E-state index is 0.124. The van der Waals surface area contributed by atoms with E-state index in [0.717, 1.165) is 4.47 Å². The molecule has 1 aromatic heterocycles. The normalized spacial score (nSPS) is 10.4. The molecular weight excluding hydrogens is 332 g/mol. The van der Waals surface area contributed by atoms with E-state index in [1.807, 2.05) is 6.20 Å². The Kier molecular flexibility index (Phi) is 4.44. The van der Waals surface area contributed by atoms with Gasteiger partial charge in [0.05, 0.1) is 22.0 Å². The first-order valence-corrected chi connectivity index (χ1v) is 6.74. The molecule has 5 nitrogen and oxygen atoms in total. The second kappa shape index (κ2) is 6.08. The fraction of sp³-hybridized carbons (Fsp3) is 0.167. The lowest BCUT2D eigenvalue weighted by molar-refractivity contribution is -0.116. The summed E-state index contributed by atoms with van der Waals surface area (Å²) in [4.78, 5) is 11.8. The average Bonchev–Trinajstić information content (AvgIpc) is 2.76. The van der Waals surface area contributed by atoms with E-state index in [-0.39, 0.29) is 5.91 Å². The van der Waals surface area contributed by atoms with Crippen LogP contribution in [-0.2, 0) is 11.3 Å². The Balaban J connectivity index is 1.90. The van der Waals surface area contributed by atoms with E-state index in [0.29, 0.717) is 29.4 Å². The molecule has 0 aliphatic rings. The summed E-state index contributed by atoms with van der Waals surface area (Å²) in [5.41, 5.74) is 6.77. The predicted molar refractivity (Wildman–Crippen MR) is 79.0 cm³/mol. The maximum absolute atomic E-state index is 11.8. The van der Waals surface area contributed by atoms with Crippen LogP contribution in [0.25, 0.3) is 0 Å². The van der Waals surface area contributed by atoms with Crippen LogP contribution in [0, 0.1) is 0 Å². The molecule has 2 aromatic rings. The summed E-state index contributed by atoms with van der Waals surface area (Å²) in [5.74, 6) is -0.124. The van der Waals surface area contributed by atoms with E-state index in [1.165, 1.54) is 0 Å². The van der Waals surface area contributed by atoms with Gasteiger partial charge >= 0.3 is 0 Å². The number of halogens is 2. The summed E-state index contributed by atoms with van der Waals surface area (Å²) in [5, 5.41) is 7.35. The van der Waals surface area contributed by atoms with Gasteiger partial charge in [-0.15, -0.1) is 0 Å². The molecule has 19 heavy (non-hydrogen) atoms. The van der Waals surface area contributed by atoms with Crippen LogP contribution in [0.5, 0.6) is 0 Å². The summed E-state index contributed by atoms with van der Waals surface area (Å²) in [6, 6.07) is 4.96. The minimum Gasteiger partial charge on any atom is -0.397 e. The van der Waals surface area contributed by atoms with Crippen molar-refractivity contribution < 1.29 is 4.79 Å². The molecule has 1 heterocycles. The lowest BCUT2D eigenvalue weighted by Crippen LogP contribution is -2.15. The maximum Gasteiger partial charge on any atom is 0.226 e. The number of nitrogens with zero attached hydrogens (tertiary/aromatic N) is 2. The van der Waals surface area contributed by atoms with Gasteiger partial charge in [-0.3, -0.25) is 9.48 Å². The van der Waals surface area contributed by atoms with Gasteiger partial charge in [0.25, 0.3) is 0 Å². The largest absolute Gasteiger partial charge is 0.397 e. The number of amides is 1. The third-order valence-corrected chi connectivity index (χ3v) is 3.10. The Morgan fingerprint density at radius 1 is 1.53 bits per heavy atom. The zero-order valence-corrected chi connectivity index (χ0v) is 12.3. The van der Waals surface area contributed by atoms with Crippen LogP contribution in [0.3, 0.4) is 0 Å². The Hall–Kier alpha value is -1.53. The van der Waals surface area contributed by atoms with Crippen molar-refractivity contribution in [1.82, 2.24) is 9.78 Å². The Morgan fingerprint density at radius 2 is 2.32 bits per heavy atom. The summed E-state index contributed by atoms with van der Waals surface area (Å²) in [7, 11) is 0. The van der Waals surface area contributed by atoms with Gasteiger partial charge in [0, 0.05) is 24.2 Å². The Labute approximate surface area is 123 Å². The number of nitrogens with one attached hydrogen (secondary N) is 1. The van der Waals surface area contributed by atoms with Crippen molar-refractivity contribution in [2.75, 3.05) is 11.1 Å². The number of nitrogens with two attached hydrogens (primary N) is 1. The van der Waals surface area contributed by atoms with Crippen molar-refractivity contribution >= 4 is 44.8 Å². The maximum atomic E-state index is 11.8. The van der Waals surface area contributed by atoms with E-state index in [9.17, 15) is 4.79 Å². The number of carbonyl (C=O) groups is 1. The van der Waals surface area contributed by atoms with Crippen LogP contribution in [-0.4, -0.2) is 15.7 Å². The van der Waals surface area contributed by atoms with Crippen LogP contribution < -0.4 is 11.1 Å². The van der Waals surface area contributed by atoms with Crippen molar-refractivity contribution in [3.05, 3.63) is 40.1 Å². The van der Waals surface area contributed by atoms with Crippen LogP contribution in [0.2, 0.25) is 5.02 Å². The number of anilines is 2. The molecule has 0 atom stereocenters. The van der Waals surface area contributed by atoms with E-state index < -0.39 is 0 Å². The van der Waals surface area contributed by atoms with E-state index in [1.54, 1.807) is 29.1 Å². The van der Waals surface area contributed by atoms with Crippen molar-refractivity contribution in [3.8, 4) is 0 Å². The van der Waals surface area contributed by atoms with Crippen molar-refractivity contribution in [3.63, 3.8) is 0 Å².